The third-order valence-electron chi connectivity index (χ3n) is 4.20. The second-order valence-electron chi connectivity index (χ2n) is 6.19. The van der Waals surface area contributed by atoms with E-state index in [-0.39, 0.29) is 16.7 Å². The number of para-hydroxylation sites is 2. The summed E-state index contributed by atoms with van der Waals surface area (Å²) in [5.74, 6) is -0.448. The smallest absolute Gasteiger partial charge is 0.289 e. The zero-order valence-electron chi connectivity index (χ0n) is 15.4. The van der Waals surface area contributed by atoms with Crippen molar-refractivity contribution in [2.45, 2.75) is 0 Å². The zero-order chi connectivity index (χ0) is 20.1. The fourth-order valence-electron chi connectivity index (χ4n) is 2.80. The highest BCUT2D eigenvalue weighted by Crippen LogP contribution is 2.36. The molecule has 3 aromatic rings. The number of carbonyl (C=O) groups is 2. The molecule has 0 radical (unpaired) electrons. The van der Waals surface area contributed by atoms with E-state index in [2.05, 4.69) is 10.5 Å². The molecule has 5 nitrogen and oxygen atoms in total. The molecular formula is C23H17N3O2S. The van der Waals surface area contributed by atoms with E-state index >= 15 is 0 Å². The number of anilines is 2. The lowest BCUT2D eigenvalue weighted by Gasteiger charge is -2.16. The van der Waals surface area contributed by atoms with Crippen molar-refractivity contribution >= 4 is 39.9 Å². The highest BCUT2D eigenvalue weighted by Gasteiger charge is 2.35. The minimum absolute atomic E-state index is 0.168. The van der Waals surface area contributed by atoms with Gasteiger partial charge in [0.25, 0.3) is 5.91 Å². The first-order valence-corrected chi connectivity index (χ1v) is 9.81. The summed E-state index contributed by atoms with van der Waals surface area (Å²) in [6.07, 6.45) is 1.48. The number of nitrogens with zero attached hydrogens (tertiary/aromatic N) is 2. The lowest BCUT2D eigenvalue weighted by molar-refractivity contribution is -0.111. The van der Waals surface area contributed by atoms with Crippen molar-refractivity contribution in [3.05, 3.63) is 108 Å². The number of ketones is 1. The molecule has 1 saturated heterocycles. The fourth-order valence-corrected chi connectivity index (χ4v) is 3.71. The largest absolute Gasteiger partial charge is 0.290 e. The summed E-state index contributed by atoms with van der Waals surface area (Å²) in [5, 5.41) is 5.05. The van der Waals surface area contributed by atoms with Gasteiger partial charge in [-0.3, -0.25) is 19.9 Å². The van der Waals surface area contributed by atoms with E-state index < -0.39 is 0 Å². The maximum atomic E-state index is 13.0. The molecule has 142 valence electrons. The van der Waals surface area contributed by atoms with Crippen LogP contribution in [0.25, 0.3) is 0 Å². The summed E-state index contributed by atoms with van der Waals surface area (Å²) in [6.45, 7) is 0. The van der Waals surface area contributed by atoms with Crippen molar-refractivity contribution in [3.63, 3.8) is 0 Å². The van der Waals surface area contributed by atoms with Crippen molar-refractivity contribution in [1.29, 1.82) is 0 Å². The first-order valence-electron chi connectivity index (χ1n) is 8.99. The zero-order valence-corrected chi connectivity index (χ0v) is 16.2. The first-order chi connectivity index (χ1) is 14.2. The number of hydrogen-bond donors (Lipinski definition) is 1. The molecule has 0 atom stereocenters. The number of hydrogen-bond acceptors (Lipinski definition) is 5. The Morgan fingerprint density at radius 2 is 1.45 bits per heavy atom. The minimum Gasteiger partial charge on any atom is -0.289 e. The maximum absolute atomic E-state index is 13.0. The average molecular weight is 399 g/mol. The maximum Gasteiger partial charge on any atom is 0.290 e. The van der Waals surface area contributed by atoms with E-state index in [9.17, 15) is 9.59 Å². The molecule has 4 rings (SSSR count). The Hall–Kier alpha value is -3.64. The van der Waals surface area contributed by atoms with Gasteiger partial charge in [-0.2, -0.15) is 5.10 Å². The Kier molecular flexibility index (Phi) is 5.54. The molecule has 1 fully saturated rings. The molecule has 1 aliphatic rings. The predicted octanol–water partition coefficient (Wildman–Crippen LogP) is 4.92. The van der Waals surface area contributed by atoms with Gasteiger partial charge in [-0.1, -0.05) is 66.7 Å². The summed E-state index contributed by atoms with van der Waals surface area (Å²) in [4.78, 5) is 27.2. The van der Waals surface area contributed by atoms with Crippen LogP contribution in [-0.4, -0.2) is 16.7 Å². The van der Waals surface area contributed by atoms with Gasteiger partial charge in [0, 0.05) is 17.3 Å². The molecule has 1 N–H and O–H groups in total. The van der Waals surface area contributed by atoms with Crippen LogP contribution in [-0.2, 0) is 4.79 Å². The van der Waals surface area contributed by atoms with Gasteiger partial charge in [0.2, 0.25) is 0 Å². The van der Waals surface area contributed by atoms with Crippen molar-refractivity contribution in [3.8, 4) is 0 Å². The average Bonchev–Trinajstić information content (AvgIpc) is 3.09. The van der Waals surface area contributed by atoms with E-state index in [1.165, 1.54) is 22.7 Å². The monoisotopic (exact) mass is 399 g/mol. The van der Waals surface area contributed by atoms with Crippen LogP contribution in [0.5, 0.6) is 0 Å². The molecule has 0 unspecified atom stereocenters. The van der Waals surface area contributed by atoms with Gasteiger partial charge in [0.05, 0.1) is 10.7 Å². The van der Waals surface area contributed by atoms with E-state index in [0.29, 0.717) is 16.3 Å². The van der Waals surface area contributed by atoms with Crippen LogP contribution in [0.1, 0.15) is 10.4 Å². The van der Waals surface area contributed by atoms with Gasteiger partial charge in [0.1, 0.15) is 0 Å². The molecule has 6 heteroatoms. The molecule has 1 heterocycles. The van der Waals surface area contributed by atoms with Gasteiger partial charge < -0.3 is 0 Å². The van der Waals surface area contributed by atoms with Gasteiger partial charge >= 0.3 is 0 Å². The second kappa shape index (κ2) is 8.58. The van der Waals surface area contributed by atoms with Crippen molar-refractivity contribution in [2.75, 3.05) is 10.3 Å². The van der Waals surface area contributed by atoms with Gasteiger partial charge in [-0.15, -0.1) is 0 Å². The van der Waals surface area contributed by atoms with E-state index in [1.54, 1.807) is 12.1 Å². The molecule has 1 aliphatic heterocycles. The number of amides is 1. The standard InChI is InChI=1S/C23H17N3O2S/c27-20(17-10-4-1-5-11-17)16-21-26(19-14-8-3-9-15-19)23(28)22(29-21)25-24-18-12-6-2-7-13-18/h1-16,24H/b21-16+,25-22+. The Labute approximate surface area is 172 Å². The Morgan fingerprint density at radius 3 is 2.10 bits per heavy atom. The molecule has 0 aromatic heterocycles. The molecule has 0 aliphatic carbocycles. The Bertz CT molecular complexity index is 1080. The lowest BCUT2D eigenvalue weighted by atomic mass is 10.1. The van der Waals surface area contributed by atoms with Crippen LogP contribution >= 0.6 is 11.8 Å². The number of rotatable bonds is 5. The summed E-state index contributed by atoms with van der Waals surface area (Å²) in [6, 6.07) is 27.6. The summed E-state index contributed by atoms with van der Waals surface area (Å²) in [7, 11) is 0. The van der Waals surface area contributed by atoms with Crippen LogP contribution in [0.15, 0.2) is 107 Å². The molecule has 29 heavy (non-hydrogen) atoms. The Morgan fingerprint density at radius 1 is 0.862 bits per heavy atom. The topological polar surface area (TPSA) is 61.8 Å². The SMILES string of the molecule is O=C(/C=C1/S/C(=N/Nc2ccccc2)C(=O)N1c1ccccc1)c1ccccc1. The fraction of sp³-hybridized carbons (Fsp3) is 0. The number of hydrazone groups is 1. The summed E-state index contributed by atoms with van der Waals surface area (Å²) < 4.78 is 0. The first kappa shape index (κ1) is 18.7. The number of benzene rings is 3. The highest BCUT2D eigenvalue weighted by atomic mass is 32.2. The molecule has 1 amide bonds. The Balaban J connectivity index is 1.67. The van der Waals surface area contributed by atoms with Crippen LogP contribution in [0.2, 0.25) is 0 Å². The molecule has 0 spiro atoms. The van der Waals surface area contributed by atoms with Crippen LogP contribution in [0.4, 0.5) is 11.4 Å². The van der Waals surface area contributed by atoms with Crippen LogP contribution < -0.4 is 10.3 Å². The molecule has 0 bridgehead atoms. The lowest BCUT2D eigenvalue weighted by Crippen LogP contribution is -2.26. The normalized spacial score (nSPS) is 16.4. The van der Waals surface area contributed by atoms with E-state index in [4.69, 9.17) is 0 Å². The summed E-state index contributed by atoms with van der Waals surface area (Å²) >= 11 is 1.17. The quantitative estimate of drug-likeness (QED) is 0.376. The highest BCUT2D eigenvalue weighted by molar-refractivity contribution is 8.20. The van der Waals surface area contributed by atoms with E-state index in [1.807, 2.05) is 78.9 Å². The van der Waals surface area contributed by atoms with Gasteiger partial charge in [0.15, 0.2) is 10.8 Å². The molecule has 3 aromatic carbocycles. The van der Waals surface area contributed by atoms with Crippen molar-refractivity contribution < 1.29 is 9.59 Å². The van der Waals surface area contributed by atoms with Crippen LogP contribution in [0.3, 0.4) is 0 Å². The van der Waals surface area contributed by atoms with Crippen molar-refractivity contribution in [2.24, 2.45) is 5.10 Å². The van der Waals surface area contributed by atoms with Gasteiger partial charge in [-0.05, 0) is 36.0 Å². The van der Waals surface area contributed by atoms with Crippen LogP contribution in [0, 0.1) is 0 Å². The third-order valence-corrected chi connectivity index (χ3v) is 5.16. The third kappa shape index (κ3) is 4.28. The second-order valence-corrected chi connectivity index (χ2v) is 7.19. The van der Waals surface area contributed by atoms with Crippen molar-refractivity contribution in [1.82, 2.24) is 0 Å². The number of allylic oxidation sites excluding steroid dienone is 1. The van der Waals surface area contributed by atoms with E-state index in [0.717, 1.165) is 5.69 Å². The number of nitrogens with one attached hydrogen (secondary N) is 1. The summed E-state index contributed by atoms with van der Waals surface area (Å²) in [5.41, 5.74) is 4.92. The molecular weight excluding hydrogens is 382 g/mol. The minimum atomic E-state index is -0.281. The predicted molar refractivity (Wildman–Crippen MR) is 118 cm³/mol. The van der Waals surface area contributed by atoms with Gasteiger partial charge in [-0.25, -0.2) is 0 Å². The number of thioether (sulfide) groups is 1. The number of carbonyl (C=O) groups excluding carboxylic acids is 2. The molecule has 0 saturated carbocycles.